The molecular weight excluding hydrogens is 622 g/mol. The van der Waals surface area contributed by atoms with Crippen LogP contribution >= 0.6 is 0 Å². The first-order valence-electron chi connectivity index (χ1n) is 20.4. The largest absolute Gasteiger partial charge is 0.450 e. The summed E-state index contributed by atoms with van der Waals surface area (Å²) in [4.78, 5) is 12.5. The average Bonchev–Trinajstić information content (AvgIpc) is 3.09. The highest BCUT2D eigenvalue weighted by Gasteiger charge is 2.34. The molecule has 0 saturated heterocycles. The molecule has 9 nitrogen and oxygen atoms in total. The molecule has 0 fully saturated rings. The number of aliphatic hydroxyl groups excluding tert-OH is 5. The first-order valence-corrected chi connectivity index (χ1v) is 20.4. The maximum Gasteiger partial charge on any atom is 0.407 e. The molecule has 9 heteroatoms. The Morgan fingerprint density at radius 3 is 1.59 bits per heavy atom. The van der Waals surface area contributed by atoms with Crippen LogP contribution in [-0.4, -0.2) is 87.5 Å². The maximum atomic E-state index is 12.5. The number of alkyl carbamates (subject to hydrolysis) is 1. The van der Waals surface area contributed by atoms with Crippen molar-refractivity contribution < 1.29 is 39.8 Å². The standard InChI is InChI=1S/C40H77NO8/c1-3-5-6-7-8-9-10-11-12-13-14-15-16-17-18-19-20-21-22-23-24-27-30-48-40(47)41-34(36(44)31-33(42)4-2)32-49-37-29-26-25-28-35(43)38(45)39(37)46/h25-26,33-39,42-46H,3-24,27-32H2,1-2H3,(H,41,47). The Bertz CT molecular complexity index is 783. The van der Waals surface area contributed by atoms with Crippen LogP contribution in [0, 0.1) is 0 Å². The van der Waals surface area contributed by atoms with Crippen LogP contribution in [-0.2, 0) is 9.47 Å². The molecule has 1 rings (SSSR count). The average molecular weight is 700 g/mol. The maximum absolute atomic E-state index is 12.5. The number of amides is 1. The Kier molecular flexibility index (Phi) is 29.4. The van der Waals surface area contributed by atoms with E-state index in [0.717, 1.165) is 19.3 Å². The summed E-state index contributed by atoms with van der Waals surface area (Å²) in [6.45, 7) is 4.20. The van der Waals surface area contributed by atoms with Crippen molar-refractivity contribution in [3.8, 4) is 0 Å². The van der Waals surface area contributed by atoms with Gasteiger partial charge < -0.3 is 40.3 Å². The summed E-state index contributed by atoms with van der Waals surface area (Å²) in [6, 6.07) is -0.887. The topological polar surface area (TPSA) is 149 Å². The summed E-state index contributed by atoms with van der Waals surface area (Å²) in [5.74, 6) is 0. The Morgan fingerprint density at radius 2 is 1.12 bits per heavy atom. The van der Waals surface area contributed by atoms with E-state index in [4.69, 9.17) is 9.47 Å². The van der Waals surface area contributed by atoms with Gasteiger partial charge in [-0.1, -0.05) is 161 Å². The van der Waals surface area contributed by atoms with Crippen molar-refractivity contribution in [1.82, 2.24) is 5.32 Å². The lowest BCUT2D eigenvalue weighted by atomic mass is 9.95. The molecule has 6 N–H and O–H groups in total. The van der Waals surface area contributed by atoms with Gasteiger partial charge in [-0.05, 0) is 25.7 Å². The highest BCUT2D eigenvalue weighted by molar-refractivity contribution is 5.67. The van der Waals surface area contributed by atoms with Crippen LogP contribution in [0.3, 0.4) is 0 Å². The molecule has 0 aromatic carbocycles. The Hall–Kier alpha value is -1.23. The fourth-order valence-electron chi connectivity index (χ4n) is 6.51. The van der Waals surface area contributed by atoms with Crippen molar-refractivity contribution in [3.05, 3.63) is 12.2 Å². The minimum Gasteiger partial charge on any atom is -0.450 e. The van der Waals surface area contributed by atoms with Crippen LogP contribution in [0.1, 0.15) is 181 Å². The Balaban J connectivity index is 2.09. The number of carbonyl (C=O) groups is 1. The number of ether oxygens (including phenoxy) is 2. The quantitative estimate of drug-likeness (QED) is 0.0315. The highest BCUT2D eigenvalue weighted by atomic mass is 16.5. The van der Waals surface area contributed by atoms with E-state index in [0.29, 0.717) is 12.8 Å². The van der Waals surface area contributed by atoms with Crippen LogP contribution < -0.4 is 5.32 Å². The molecule has 1 aliphatic rings. The van der Waals surface area contributed by atoms with Gasteiger partial charge in [0.15, 0.2) is 0 Å². The highest BCUT2D eigenvalue weighted by Crippen LogP contribution is 2.19. The molecule has 0 aliphatic heterocycles. The van der Waals surface area contributed by atoms with Gasteiger partial charge in [0, 0.05) is 6.42 Å². The Labute approximate surface area is 299 Å². The van der Waals surface area contributed by atoms with Gasteiger partial charge in [0.05, 0.1) is 43.7 Å². The van der Waals surface area contributed by atoms with Gasteiger partial charge in [-0.3, -0.25) is 0 Å². The zero-order chi connectivity index (χ0) is 36.0. The second kappa shape index (κ2) is 31.5. The molecule has 7 atom stereocenters. The van der Waals surface area contributed by atoms with E-state index < -0.39 is 48.8 Å². The number of unbranched alkanes of at least 4 members (excludes halogenated alkanes) is 21. The number of hydrogen-bond acceptors (Lipinski definition) is 8. The van der Waals surface area contributed by atoms with E-state index in [2.05, 4.69) is 12.2 Å². The third kappa shape index (κ3) is 24.6. The molecule has 49 heavy (non-hydrogen) atoms. The van der Waals surface area contributed by atoms with Crippen molar-refractivity contribution in [2.24, 2.45) is 0 Å². The van der Waals surface area contributed by atoms with Crippen molar-refractivity contribution in [2.75, 3.05) is 13.2 Å². The fourth-order valence-corrected chi connectivity index (χ4v) is 6.51. The van der Waals surface area contributed by atoms with Gasteiger partial charge in [0.2, 0.25) is 0 Å². The second-order valence-corrected chi connectivity index (χ2v) is 14.5. The number of carbonyl (C=O) groups excluding carboxylic acids is 1. The van der Waals surface area contributed by atoms with E-state index in [1.807, 2.05) is 0 Å². The lowest BCUT2D eigenvalue weighted by Crippen LogP contribution is -2.51. The van der Waals surface area contributed by atoms with Crippen molar-refractivity contribution >= 4 is 6.09 Å². The summed E-state index contributed by atoms with van der Waals surface area (Å²) < 4.78 is 11.2. The van der Waals surface area contributed by atoms with Gasteiger partial charge in [-0.2, -0.15) is 0 Å². The molecule has 0 aromatic heterocycles. The van der Waals surface area contributed by atoms with Crippen LogP contribution in [0.5, 0.6) is 0 Å². The third-order valence-electron chi connectivity index (χ3n) is 10.0. The van der Waals surface area contributed by atoms with Crippen molar-refractivity contribution in [3.63, 3.8) is 0 Å². The molecule has 0 heterocycles. The zero-order valence-corrected chi connectivity index (χ0v) is 31.5. The van der Waals surface area contributed by atoms with Gasteiger partial charge >= 0.3 is 6.09 Å². The van der Waals surface area contributed by atoms with Crippen molar-refractivity contribution in [2.45, 2.75) is 223 Å². The van der Waals surface area contributed by atoms with Crippen LogP contribution in [0.25, 0.3) is 0 Å². The number of nitrogens with one attached hydrogen (secondary N) is 1. The van der Waals surface area contributed by atoms with Crippen molar-refractivity contribution in [1.29, 1.82) is 0 Å². The molecule has 0 bridgehead atoms. The zero-order valence-electron chi connectivity index (χ0n) is 31.5. The number of rotatable bonds is 31. The van der Waals surface area contributed by atoms with Crippen LogP contribution in [0.4, 0.5) is 4.79 Å². The van der Waals surface area contributed by atoms with Gasteiger partial charge in [-0.25, -0.2) is 4.79 Å². The fraction of sp³-hybridized carbons (Fsp3) is 0.925. The lowest BCUT2D eigenvalue weighted by molar-refractivity contribution is -0.129. The predicted molar refractivity (Wildman–Crippen MR) is 199 cm³/mol. The molecule has 0 radical (unpaired) electrons. The summed E-state index contributed by atoms with van der Waals surface area (Å²) >= 11 is 0. The summed E-state index contributed by atoms with van der Waals surface area (Å²) in [5.41, 5.74) is 0. The van der Waals surface area contributed by atoms with E-state index >= 15 is 0 Å². The molecular formula is C40H77NO8. The molecule has 7 unspecified atom stereocenters. The van der Waals surface area contributed by atoms with Crippen LogP contribution in [0.15, 0.2) is 12.2 Å². The third-order valence-corrected chi connectivity index (χ3v) is 10.0. The van der Waals surface area contributed by atoms with Gasteiger partial charge in [0.1, 0.15) is 12.2 Å². The minimum atomic E-state index is -1.38. The first-order chi connectivity index (χ1) is 23.8. The first kappa shape index (κ1) is 45.8. The molecule has 1 amide bonds. The second-order valence-electron chi connectivity index (χ2n) is 14.5. The van der Waals surface area contributed by atoms with E-state index in [1.165, 1.54) is 122 Å². The molecule has 0 aromatic rings. The summed E-state index contributed by atoms with van der Waals surface area (Å²) in [6.07, 6.45) is 26.3. The smallest absolute Gasteiger partial charge is 0.407 e. The SMILES string of the molecule is CCCCCCCCCCCCCCCCCCCCCCCCOC(=O)NC(COC1CC=CCC(O)C(O)C1O)C(O)CC(O)CC. The predicted octanol–water partition coefficient (Wildman–Crippen LogP) is 8.02. The molecule has 290 valence electrons. The molecule has 1 aliphatic carbocycles. The van der Waals surface area contributed by atoms with Gasteiger partial charge in [0.25, 0.3) is 0 Å². The number of aliphatic hydroxyl groups is 5. The van der Waals surface area contributed by atoms with E-state index in [1.54, 1.807) is 19.1 Å². The lowest BCUT2D eigenvalue weighted by Gasteiger charge is -2.32. The number of hydrogen-bond donors (Lipinski definition) is 6. The summed E-state index contributed by atoms with van der Waals surface area (Å²) in [5, 5.41) is 54.1. The monoisotopic (exact) mass is 700 g/mol. The van der Waals surface area contributed by atoms with Gasteiger partial charge in [-0.15, -0.1) is 0 Å². The van der Waals surface area contributed by atoms with Crippen LogP contribution in [0.2, 0.25) is 0 Å². The molecule has 0 saturated carbocycles. The Morgan fingerprint density at radius 1 is 0.673 bits per heavy atom. The normalized spacial score (nSPS) is 21.5. The minimum absolute atomic E-state index is 0.0404. The molecule has 0 spiro atoms. The summed E-state index contributed by atoms with van der Waals surface area (Å²) in [7, 11) is 0. The van der Waals surface area contributed by atoms with E-state index in [-0.39, 0.29) is 26.1 Å². The van der Waals surface area contributed by atoms with E-state index in [9.17, 15) is 30.3 Å².